The Labute approximate surface area is 131 Å². The summed E-state index contributed by atoms with van der Waals surface area (Å²) in [7, 11) is 1.64. The number of nitrogens with zero attached hydrogens (tertiary/aromatic N) is 2. The van der Waals surface area contributed by atoms with E-state index in [-0.39, 0.29) is 22.5 Å². The molecule has 1 rings (SSSR count). The number of methoxy groups -OCH3 is 1. The Balaban J connectivity index is 3.24. The predicted molar refractivity (Wildman–Crippen MR) is 86.2 cm³/mol. The number of ether oxygens (including phenoxy) is 1. The number of halogens is 1. The van der Waals surface area contributed by atoms with E-state index < -0.39 is 0 Å². The third-order valence-electron chi connectivity index (χ3n) is 3.62. The predicted octanol–water partition coefficient (Wildman–Crippen LogP) is 3.98. The van der Waals surface area contributed by atoms with E-state index in [0.29, 0.717) is 18.8 Å². The van der Waals surface area contributed by atoms with Gasteiger partial charge in [-0.05, 0) is 24.5 Å². The Morgan fingerprint density at radius 3 is 2.52 bits per heavy atom. The van der Waals surface area contributed by atoms with Crippen molar-refractivity contribution in [3.63, 3.8) is 0 Å². The molecule has 1 aromatic carbocycles. The van der Waals surface area contributed by atoms with Gasteiger partial charge in [0, 0.05) is 31.6 Å². The Hall–Kier alpha value is -1.33. The van der Waals surface area contributed by atoms with Crippen LogP contribution in [0.4, 0.5) is 11.4 Å². The van der Waals surface area contributed by atoms with Crippen LogP contribution in [-0.4, -0.2) is 31.2 Å². The van der Waals surface area contributed by atoms with Crippen molar-refractivity contribution in [3.8, 4) is 0 Å². The first kappa shape index (κ1) is 17.7. The molecular formula is C15H23ClN2O3. The number of anilines is 1. The lowest BCUT2D eigenvalue weighted by molar-refractivity contribution is -0.384. The zero-order chi connectivity index (χ0) is 15.8. The summed E-state index contributed by atoms with van der Waals surface area (Å²) in [5, 5.41) is 11.4. The largest absolute Gasteiger partial charge is 0.383 e. The highest BCUT2D eigenvalue weighted by atomic mass is 35.5. The van der Waals surface area contributed by atoms with Gasteiger partial charge in [-0.2, -0.15) is 0 Å². The summed E-state index contributed by atoms with van der Waals surface area (Å²) in [5.74, 6) is 0.268. The fraction of sp³-hybridized carbons (Fsp3) is 0.600. The van der Waals surface area contributed by atoms with Crippen LogP contribution < -0.4 is 4.90 Å². The highest BCUT2D eigenvalue weighted by molar-refractivity contribution is 6.17. The topological polar surface area (TPSA) is 55.6 Å². The van der Waals surface area contributed by atoms with Gasteiger partial charge >= 0.3 is 0 Å². The van der Waals surface area contributed by atoms with E-state index in [9.17, 15) is 10.1 Å². The minimum Gasteiger partial charge on any atom is -0.383 e. The highest BCUT2D eigenvalue weighted by Crippen LogP contribution is 2.32. The second-order valence-corrected chi connectivity index (χ2v) is 5.14. The molecule has 0 bridgehead atoms. The molecule has 0 saturated carbocycles. The molecule has 0 amide bonds. The molecule has 0 aliphatic carbocycles. The molecule has 0 aliphatic rings. The fourth-order valence-electron chi connectivity index (χ4n) is 2.46. The van der Waals surface area contributed by atoms with Crippen LogP contribution in [0.2, 0.25) is 0 Å². The van der Waals surface area contributed by atoms with E-state index in [1.807, 2.05) is 6.07 Å². The van der Waals surface area contributed by atoms with E-state index in [0.717, 1.165) is 18.4 Å². The van der Waals surface area contributed by atoms with Crippen molar-refractivity contribution in [1.29, 1.82) is 0 Å². The zero-order valence-corrected chi connectivity index (χ0v) is 13.6. The van der Waals surface area contributed by atoms with Gasteiger partial charge in [0.15, 0.2) is 0 Å². The van der Waals surface area contributed by atoms with Gasteiger partial charge in [-0.25, -0.2) is 0 Å². The van der Waals surface area contributed by atoms with Gasteiger partial charge in [0.25, 0.3) is 5.69 Å². The SMILES string of the molecule is CCC(CC)N(CCOC)c1ccc(CCl)cc1[N+](=O)[O-]. The molecule has 0 saturated heterocycles. The van der Waals surface area contributed by atoms with Crippen molar-refractivity contribution in [1.82, 2.24) is 0 Å². The molecule has 0 heterocycles. The van der Waals surface area contributed by atoms with Gasteiger partial charge in [-0.1, -0.05) is 19.9 Å². The molecule has 118 valence electrons. The standard InChI is InChI=1S/C15H23ClN2O3/c1-4-13(5-2)17(8-9-21-3)14-7-6-12(11-16)10-15(14)18(19)20/h6-7,10,13H,4-5,8-9,11H2,1-3H3. The number of alkyl halides is 1. The number of nitro benzene ring substituents is 1. The van der Waals surface area contributed by atoms with Crippen molar-refractivity contribution < 1.29 is 9.66 Å². The van der Waals surface area contributed by atoms with Crippen LogP contribution in [0.25, 0.3) is 0 Å². The Morgan fingerprint density at radius 2 is 2.05 bits per heavy atom. The average molecular weight is 315 g/mol. The molecule has 0 spiro atoms. The quantitative estimate of drug-likeness (QED) is 0.393. The second kappa shape index (κ2) is 8.85. The summed E-state index contributed by atoms with van der Waals surface area (Å²) in [6, 6.07) is 5.45. The zero-order valence-electron chi connectivity index (χ0n) is 12.8. The van der Waals surface area contributed by atoms with Gasteiger partial charge in [-0.3, -0.25) is 10.1 Å². The van der Waals surface area contributed by atoms with E-state index in [2.05, 4.69) is 18.7 Å². The van der Waals surface area contributed by atoms with E-state index in [1.165, 1.54) is 0 Å². The van der Waals surface area contributed by atoms with Crippen LogP contribution in [0, 0.1) is 10.1 Å². The first-order valence-electron chi connectivity index (χ1n) is 7.17. The maximum Gasteiger partial charge on any atom is 0.292 e. The van der Waals surface area contributed by atoms with Crippen molar-refractivity contribution in [2.24, 2.45) is 0 Å². The highest BCUT2D eigenvalue weighted by Gasteiger charge is 2.24. The van der Waals surface area contributed by atoms with Gasteiger partial charge in [0.1, 0.15) is 5.69 Å². The summed E-state index contributed by atoms with van der Waals surface area (Å²) >= 11 is 5.78. The molecule has 0 N–H and O–H groups in total. The van der Waals surface area contributed by atoms with Crippen LogP contribution in [0.5, 0.6) is 0 Å². The summed E-state index contributed by atoms with van der Waals surface area (Å²) in [4.78, 5) is 13.1. The minimum absolute atomic E-state index is 0.108. The van der Waals surface area contributed by atoms with E-state index >= 15 is 0 Å². The molecule has 0 fully saturated rings. The Morgan fingerprint density at radius 1 is 1.38 bits per heavy atom. The molecule has 0 aliphatic heterocycles. The minimum atomic E-state index is -0.340. The van der Waals surface area contributed by atoms with Crippen LogP contribution >= 0.6 is 11.6 Å². The third-order valence-corrected chi connectivity index (χ3v) is 3.93. The fourth-order valence-corrected chi connectivity index (χ4v) is 2.63. The molecule has 1 aromatic rings. The van der Waals surface area contributed by atoms with Crippen LogP contribution in [0.3, 0.4) is 0 Å². The van der Waals surface area contributed by atoms with Crippen LogP contribution in [0.15, 0.2) is 18.2 Å². The summed E-state index contributed by atoms with van der Waals surface area (Å²) in [6.45, 7) is 5.34. The van der Waals surface area contributed by atoms with Crippen molar-refractivity contribution in [2.45, 2.75) is 38.6 Å². The molecule has 5 nitrogen and oxygen atoms in total. The van der Waals surface area contributed by atoms with E-state index in [1.54, 1.807) is 19.2 Å². The first-order valence-corrected chi connectivity index (χ1v) is 7.71. The van der Waals surface area contributed by atoms with E-state index in [4.69, 9.17) is 16.3 Å². The smallest absolute Gasteiger partial charge is 0.292 e. The molecule has 6 heteroatoms. The maximum atomic E-state index is 11.4. The average Bonchev–Trinajstić information content (AvgIpc) is 2.51. The number of hydrogen-bond acceptors (Lipinski definition) is 4. The first-order chi connectivity index (χ1) is 10.1. The van der Waals surface area contributed by atoms with Crippen molar-refractivity contribution >= 4 is 23.0 Å². The maximum absolute atomic E-state index is 11.4. The number of benzene rings is 1. The third kappa shape index (κ3) is 4.58. The molecule has 0 aromatic heterocycles. The second-order valence-electron chi connectivity index (χ2n) is 4.87. The molecule has 0 radical (unpaired) electrons. The lowest BCUT2D eigenvalue weighted by Gasteiger charge is -2.32. The summed E-state index contributed by atoms with van der Waals surface area (Å²) in [6.07, 6.45) is 1.85. The van der Waals surface area contributed by atoms with Gasteiger partial charge in [-0.15, -0.1) is 11.6 Å². The molecule has 0 atom stereocenters. The molecule has 21 heavy (non-hydrogen) atoms. The van der Waals surface area contributed by atoms with Gasteiger partial charge in [0.05, 0.1) is 11.5 Å². The lowest BCUT2D eigenvalue weighted by Crippen LogP contribution is -2.37. The monoisotopic (exact) mass is 314 g/mol. The Kier molecular flexibility index (Phi) is 7.47. The Bertz CT molecular complexity index is 464. The normalized spacial score (nSPS) is 10.9. The van der Waals surface area contributed by atoms with Gasteiger partial charge in [0.2, 0.25) is 0 Å². The number of rotatable bonds is 9. The lowest BCUT2D eigenvalue weighted by atomic mass is 10.1. The summed E-state index contributed by atoms with van der Waals surface area (Å²) < 4.78 is 5.15. The van der Waals surface area contributed by atoms with Crippen molar-refractivity contribution in [3.05, 3.63) is 33.9 Å². The van der Waals surface area contributed by atoms with Gasteiger partial charge < -0.3 is 9.64 Å². The van der Waals surface area contributed by atoms with Crippen LogP contribution in [0.1, 0.15) is 32.3 Å². The molecular weight excluding hydrogens is 292 g/mol. The van der Waals surface area contributed by atoms with Crippen LogP contribution in [-0.2, 0) is 10.6 Å². The number of nitro groups is 1. The molecule has 0 unspecified atom stereocenters. The summed E-state index contributed by atoms with van der Waals surface area (Å²) in [5.41, 5.74) is 1.50. The number of hydrogen-bond donors (Lipinski definition) is 0. The van der Waals surface area contributed by atoms with Crippen molar-refractivity contribution in [2.75, 3.05) is 25.2 Å².